The van der Waals surface area contributed by atoms with Crippen LogP contribution in [-0.4, -0.2) is 31.3 Å². The molecule has 0 aromatic rings. The van der Waals surface area contributed by atoms with Crippen molar-refractivity contribution in [1.82, 2.24) is 10.7 Å². The van der Waals surface area contributed by atoms with Crippen LogP contribution in [0.5, 0.6) is 0 Å². The molecule has 1 aliphatic heterocycles. The monoisotopic (exact) mass is 200 g/mol. The van der Waals surface area contributed by atoms with Gasteiger partial charge in [-0.15, -0.1) is 0 Å². The van der Waals surface area contributed by atoms with Gasteiger partial charge in [0.05, 0.1) is 6.04 Å². The van der Waals surface area contributed by atoms with Crippen molar-refractivity contribution in [3.05, 3.63) is 0 Å². The highest BCUT2D eigenvalue weighted by atomic mass is 16.5. The molecule has 0 aromatic heterocycles. The predicted octanol–water partition coefficient (Wildman–Crippen LogP) is -0.0173. The van der Waals surface area contributed by atoms with Gasteiger partial charge in [-0.2, -0.15) is 0 Å². The molecule has 0 atom stereocenters. The number of hydrogen-bond donors (Lipinski definition) is 3. The molecule has 1 heterocycles. The first-order valence-corrected chi connectivity index (χ1v) is 5.11. The van der Waals surface area contributed by atoms with Gasteiger partial charge in [0.1, 0.15) is 0 Å². The lowest BCUT2D eigenvalue weighted by molar-refractivity contribution is 0.0869. The summed E-state index contributed by atoms with van der Waals surface area (Å²) in [4.78, 5) is 4.48. The zero-order valence-corrected chi connectivity index (χ0v) is 8.92. The highest BCUT2D eigenvalue weighted by Crippen LogP contribution is 2.09. The molecule has 82 valence electrons. The highest BCUT2D eigenvalue weighted by Gasteiger charge is 2.13. The Balaban J connectivity index is 2.43. The third-order valence-electron chi connectivity index (χ3n) is 2.06. The Kier molecular flexibility index (Phi) is 4.69. The van der Waals surface area contributed by atoms with Crippen molar-refractivity contribution < 1.29 is 4.74 Å². The van der Waals surface area contributed by atoms with E-state index in [2.05, 4.69) is 29.6 Å². The fraction of sp³-hybridized carbons (Fsp3) is 0.889. The van der Waals surface area contributed by atoms with Crippen LogP contribution in [0.25, 0.3) is 0 Å². The molecule has 1 fully saturated rings. The van der Waals surface area contributed by atoms with Crippen molar-refractivity contribution in [2.24, 2.45) is 10.8 Å². The summed E-state index contributed by atoms with van der Waals surface area (Å²) in [5.41, 5.74) is 2.58. The van der Waals surface area contributed by atoms with Crippen molar-refractivity contribution in [2.75, 3.05) is 13.2 Å². The van der Waals surface area contributed by atoms with E-state index in [0.29, 0.717) is 18.0 Å². The number of rotatable bonds is 2. The third-order valence-corrected chi connectivity index (χ3v) is 2.06. The van der Waals surface area contributed by atoms with Gasteiger partial charge in [0.15, 0.2) is 0 Å². The quantitative estimate of drug-likeness (QED) is 0.253. The SMILES string of the molecule is CC(C)NC(=NC1CCOCC1)NN. The smallest absolute Gasteiger partial charge is 0.206 e. The van der Waals surface area contributed by atoms with Crippen LogP contribution in [0.2, 0.25) is 0 Å². The van der Waals surface area contributed by atoms with Gasteiger partial charge in [-0.05, 0) is 26.7 Å². The minimum absolute atomic E-state index is 0.334. The van der Waals surface area contributed by atoms with Crippen LogP contribution in [0.4, 0.5) is 0 Å². The van der Waals surface area contributed by atoms with E-state index in [4.69, 9.17) is 10.6 Å². The molecule has 0 radical (unpaired) electrons. The minimum Gasteiger partial charge on any atom is -0.381 e. The van der Waals surface area contributed by atoms with Gasteiger partial charge in [-0.1, -0.05) is 0 Å². The lowest BCUT2D eigenvalue weighted by Crippen LogP contribution is -2.45. The first-order valence-electron chi connectivity index (χ1n) is 5.11. The van der Waals surface area contributed by atoms with Gasteiger partial charge in [0.25, 0.3) is 0 Å². The first-order chi connectivity index (χ1) is 6.72. The van der Waals surface area contributed by atoms with Crippen LogP contribution in [0, 0.1) is 0 Å². The van der Waals surface area contributed by atoms with Crippen LogP contribution in [0.1, 0.15) is 26.7 Å². The van der Waals surface area contributed by atoms with E-state index in [-0.39, 0.29) is 0 Å². The molecular formula is C9H20N4O. The van der Waals surface area contributed by atoms with E-state index in [1.54, 1.807) is 0 Å². The summed E-state index contributed by atoms with van der Waals surface area (Å²) in [6, 6.07) is 0.672. The number of nitrogens with two attached hydrogens (primary N) is 1. The van der Waals surface area contributed by atoms with Gasteiger partial charge in [0.2, 0.25) is 5.96 Å². The molecule has 1 aliphatic rings. The zero-order valence-electron chi connectivity index (χ0n) is 8.92. The molecule has 5 heteroatoms. The average molecular weight is 200 g/mol. The van der Waals surface area contributed by atoms with E-state index >= 15 is 0 Å². The van der Waals surface area contributed by atoms with E-state index < -0.39 is 0 Å². The summed E-state index contributed by atoms with van der Waals surface area (Å²) >= 11 is 0. The molecule has 14 heavy (non-hydrogen) atoms. The lowest BCUT2D eigenvalue weighted by Gasteiger charge is -2.20. The third kappa shape index (κ3) is 3.93. The number of nitrogens with zero attached hydrogens (tertiary/aromatic N) is 1. The minimum atomic E-state index is 0.334. The van der Waals surface area contributed by atoms with Crippen molar-refractivity contribution in [3.63, 3.8) is 0 Å². The maximum atomic E-state index is 5.36. The Morgan fingerprint density at radius 3 is 2.57 bits per heavy atom. The summed E-state index contributed by atoms with van der Waals surface area (Å²) < 4.78 is 5.25. The summed E-state index contributed by atoms with van der Waals surface area (Å²) in [7, 11) is 0. The molecule has 0 amide bonds. The Morgan fingerprint density at radius 1 is 1.43 bits per heavy atom. The molecule has 0 aromatic carbocycles. The maximum absolute atomic E-state index is 5.36. The number of nitrogens with one attached hydrogen (secondary N) is 2. The van der Waals surface area contributed by atoms with E-state index in [9.17, 15) is 0 Å². The Morgan fingerprint density at radius 2 is 2.07 bits per heavy atom. The summed E-state index contributed by atoms with van der Waals surface area (Å²) in [5.74, 6) is 6.04. The molecule has 0 aliphatic carbocycles. The van der Waals surface area contributed by atoms with Gasteiger partial charge in [0, 0.05) is 19.3 Å². The second-order valence-corrected chi connectivity index (χ2v) is 3.76. The summed E-state index contributed by atoms with van der Waals surface area (Å²) in [6.07, 6.45) is 1.95. The summed E-state index contributed by atoms with van der Waals surface area (Å²) in [5, 5.41) is 3.15. The van der Waals surface area contributed by atoms with Crippen LogP contribution in [0.15, 0.2) is 4.99 Å². The van der Waals surface area contributed by atoms with Crippen molar-refractivity contribution in [2.45, 2.75) is 38.8 Å². The zero-order chi connectivity index (χ0) is 10.4. The van der Waals surface area contributed by atoms with Gasteiger partial charge >= 0.3 is 0 Å². The number of guanidine groups is 1. The largest absolute Gasteiger partial charge is 0.381 e. The van der Waals surface area contributed by atoms with E-state index in [1.807, 2.05) is 0 Å². The second-order valence-electron chi connectivity index (χ2n) is 3.76. The molecule has 0 saturated carbocycles. The van der Waals surface area contributed by atoms with Crippen LogP contribution in [0.3, 0.4) is 0 Å². The fourth-order valence-electron chi connectivity index (χ4n) is 1.39. The lowest BCUT2D eigenvalue weighted by atomic mass is 10.1. The molecule has 1 saturated heterocycles. The molecule has 0 spiro atoms. The fourth-order valence-corrected chi connectivity index (χ4v) is 1.39. The highest BCUT2D eigenvalue weighted by molar-refractivity contribution is 5.79. The number of aliphatic imine (C=N–C) groups is 1. The van der Waals surface area contributed by atoms with Crippen LogP contribution < -0.4 is 16.6 Å². The predicted molar refractivity (Wildman–Crippen MR) is 56.9 cm³/mol. The average Bonchev–Trinajstić information content (AvgIpc) is 2.17. The molecule has 0 unspecified atom stereocenters. The van der Waals surface area contributed by atoms with Gasteiger partial charge < -0.3 is 10.1 Å². The van der Waals surface area contributed by atoms with Crippen LogP contribution >= 0.6 is 0 Å². The molecule has 1 rings (SSSR count). The van der Waals surface area contributed by atoms with Gasteiger partial charge in [-0.3, -0.25) is 5.43 Å². The van der Waals surface area contributed by atoms with Crippen molar-refractivity contribution in [3.8, 4) is 0 Å². The van der Waals surface area contributed by atoms with Crippen LogP contribution in [-0.2, 0) is 4.74 Å². The standard InChI is InChI=1S/C9H20N4O/c1-7(2)11-9(13-10)12-8-3-5-14-6-4-8/h7-8H,3-6,10H2,1-2H3,(H2,11,12,13). The topological polar surface area (TPSA) is 71.7 Å². The number of hydrazine groups is 1. The Hall–Kier alpha value is -0.810. The molecular weight excluding hydrogens is 180 g/mol. The second kappa shape index (κ2) is 5.82. The van der Waals surface area contributed by atoms with Gasteiger partial charge in [-0.25, -0.2) is 10.8 Å². The maximum Gasteiger partial charge on any atom is 0.206 e. The van der Waals surface area contributed by atoms with E-state index in [0.717, 1.165) is 26.1 Å². The molecule has 4 N–H and O–H groups in total. The van der Waals surface area contributed by atoms with Crippen molar-refractivity contribution >= 4 is 5.96 Å². The van der Waals surface area contributed by atoms with E-state index in [1.165, 1.54) is 0 Å². The Labute approximate surface area is 85.1 Å². The number of hydrogen-bond acceptors (Lipinski definition) is 3. The molecule has 0 bridgehead atoms. The normalized spacial score (nSPS) is 19.9. The Bertz CT molecular complexity index is 187. The summed E-state index contributed by atoms with van der Waals surface area (Å²) in [6.45, 7) is 5.70. The number of ether oxygens (including phenoxy) is 1. The molecule has 5 nitrogen and oxygen atoms in total. The first kappa shape index (κ1) is 11.3. The van der Waals surface area contributed by atoms with Crippen molar-refractivity contribution in [1.29, 1.82) is 0 Å².